The van der Waals surface area contributed by atoms with E-state index in [0.717, 1.165) is 18.5 Å². The number of hydrogen-bond donors (Lipinski definition) is 2. The van der Waals surface area contributed by atoms with Crippen molar-refractivity contribution in [1.82, 2.24) is 5.32 Å². The summed E-state index contributed by atoms with van der Waals surface area (Å²) in [4.78, 5) is 11.6. The van der Waals surface area contributed by atoms with Gasteiger partial charge in [-0.05, 0) is 24.9 Å². The van der Waals surface area contributed by atoms with E-state index in [-0.39, 0.29) is 17.9 Å². The molecule has 0 saturated carbocycles. The van der Waals surface area contributed by atoms with E-state index in [0.29, 0.717) is 0 Å². The lowest BCUT2D eigenvalue weighted by Crippen LogP contribution is -2.43. The second-order valence-electron chi connectivity index (χ2n) is 4.35. The fourth-order valence-electron chi connectivity index (χ4n) is 2.42. The lowest BCUT2D eigenvalue weighted by atomic mass is 9.86. The van der Waals surface area contributed by atoms with Crippen molar-refractivity contribution in [2.24, 2.45) is 5.73 Å². The number of primary amides is 1. The minimum absolute atomic E-state index is 0.193. The summed E-state index contributed by atoms with van der Waals surface area (Å²) < 4.78 is 0. The Kier molecular flexibility index (Phi) is 3.57. The van der Waals surface area contributed by atoms with Gasteiger partial charge in [0, 0.05) is 6.04 Å². The topological polar surface area (TPSA) is 55.1 Å². The van der Waals surface area contributed by atoms with Crippen molar-refractivity contribution < 1.29 is 4.79 Å². The van der Waals surface area contributed by atoms with Gasteiger partial charge >= 0.3 is 0 Å². The Morgan fingerprint density at radius 2 is 2.06 bits per heavy atom. The van der Waals surface area contributed by atoms with E-state index in [1.54, 1.807) is 0 Å². The van der Waals surface area contributed by atoms with Crippen molar-refractivity contribution in [3.05, 3.63) is 35.9 Å². The summed E-state index contributed by atoms with van der Waals surface area (Å²) in [5, 5.41) is 3.40. The van der Waals surface area contributed by atoms with Crippen molar-refractivity contribution >= 4 is 5.91 Å². The van der Waals surface area contributed by atoms with Gasteiger partial charge in [-0.25, -0.2) is 0 Å². The van der Waals surface area contributed by atoms with Gasteiger partial charge in [0.25, 0.3) is 0 Å². The molecule has 3 nitrogen and oxygen atoms in total. The Bertz CT molecular complexity index is 344. The van der Waals surface area contributed by atoms with E-state index in [1.165, 1.54) is 12.8 Å². The van der Waals surface area contributed by atoms with E-state index in [4.69, 9.17) is 5.73 Å². The summed E-state index contributed by atoms with van der Waals surface area (Å²) >= 11 is 0. The van der Waals surface area contributed by atoms with Gasteiger partial charge in [0.05, 0.1) is 5.92 Å². The van der Waals surface area contributed by atoms with Gasteiger partial charge in [0.1, 0.15) is 0 Å². The zero-order chi connectivity index (χ0) is 11.4. The molecule has 0 aliphatic carbocycles. The summed E-state index contributed by atoms with van der Waals surface area (Å²) in [5.74, 6) is -0.424. The number of amides is 1. The van der Waals surface area contributed by atoms with Crippen LogP contribution in [0.3, 0.4) is 0 Å². The molecule has 1 amide bonds. The molecule has 1 unspecified atom stereocenters. The molecular weight excluding hydrogens is 200 g/mol. The molecule has 1 heterocycles. The Balaban J connectivity index is 2.20. The van der Waals surface area contributed by atoms with E-state index < -0.39 is 0 Å². The maximum Gasteiger partial charge on any atom is 0.226 e. The fraction of sp³-hybridized carbons (Fsp3) is 0.462. The summed E-state index contributed by atoms with van der Waals surface area (Å²) in [6.45, 7) is 0.987. The molecule has 1 aliphatic rings. The van der Waals surface area contributed by atoms with Gasteiger partial charge in [0.15, 0.2) is 0 Å². The van der Waals surface area contributed by atoms with Crippen molar-refractivity contribution in [2.45, 2.75) is 31.2 Å². The molecule has 0 spiro atoms. The molecule has 1 saturated heterocycles. The van der Waals surface area contributed by atoms with Crippen LogP contribution in [0.15, 0.2) is 30.3 Å². The van der Waals surface area contributed by atoms with Crippen LogP contribution in [0.25, 0.3) is 0 Å². The number of nitrogens with two attached hydrogens (primary N) is 1. The van der Waals surface area contributed by atoms with Gasteiger partial charge < -0.3 is 11.1 Å². The lowest BCUT2D eigenvalue weighted by molar-refractivity contribution is -0.120. The predicted octanol–water partition coefficient (Wildman–Crippen LogP) is 1.40. The van der Waals surface area contributed by atoms with Crippen molar-refractivity contribution in [2.75, 3.05) is 6.54 Å². The highest BCUT2D eigenvalue weighted by Crippen LogP contribution is 2.24. The molecule has 16 heavy (non-hydrogen) atoms. The number of hydrogen-bond acceptors (Lipinski definition) is 2. The molecule has 2 atom stereocenters. The smallest absolute Gasteiger partial charge is 0.226 e. The van der Waals surface area contributed by atoms with Crippen LogP contribution in [-0.4, -0.2) is 18.5 Å². The van der Waals surface area contributed by atoms with Gasteiger partial charge in [-0.2, -0.15) is 0 Å². The highest BCUT2D eigenvalue weighted by molar-refractivity contribution is 5.82. The molecule has 2 rings (SSSR count). The molecular formula is C13H18N2O. The molecule has 3 heteroatoms. The third-order valence-corrected chi connectivity index (χ3v) is 3.22. The number of carbonyl (C=O) groups is 1. The van der Waals surface area contributed by atoms with Crippen molar-refractivity contribution in [1.29, 1.82) is 0 Å². The quantitative estimate of drug-likeness (QED) is 0.805. The van der Waals surface area contributed by atoms with Gasteiger partial charge in [-0.1, -0.05) is 36.8 Å². The van der Waals surface area contributed by atoms with Crippen molar-refractivity contribution in [3.8, 4) is 0 Å². The largest absolute Gasteiger partial charge is 0.369 e. The Hall–Kier alpha value is -1.35. The van der Waals surface area contributed by atoms with Crippen LogP contribution in [0.4, 0.5) is 0 Å². The molecule has 0 aromatic heterocycles. The highest BCUT2D eigenvalue weighted by atomic mass is 16.1. The first kappa shape index (κ1) is 11.1. The summed E-state index contributed by atoms with van der Waals surface area (Å²) in [5.41, 5.74) is 6.54. The Labute approximate surface area is 96.0 Å². The van der Waals surface area contributed by atoms with E-state index in [9.17, 15) is 4.79 Å². The van der Waals surface area contributed by atoms with Crippen LogP contribution in [0.1, 0.15) is 30.7 Å². The number of rotatable bonds is 3. The Morgan fingerprint density at radius 3 is 2.62 bits per heavy atom. The highest BCUT2D eigenvalue weighted by Gasteiger charge is 2.28. The fourth-order valence-corrected chi connectivity index (χ4v) is 2.42. The third kappa shape index (κ3) is 2.42. The van der Waals surface area contributed by atoms with Gasteiger partial charge in [-0.3, -0.25) is 4.79 Å². The second kappa shape index (κ2) is 5.12. The zero-order valence-electron chi connectivity index (χ0n) is 9.36. The molecule has 3 N–H and O–H groups in total. The van der Waals surface area contributed by atoms with Crippen LogP contribution in [-0.2, 0) is 4.79 Å². The van der Waals surface area contributed by atoms with Crippen LogP contribution >= 0.6 is 0 Å². The number of nitrogens with one attached hydrogen (secondary N) is 1. The first-order valence-electron chi connectivity index (χ1n) is 5.86. The molecule has 0 bridgehead atoms. The minimum atomic E-state index is -0.231. The van der Waals surface area contributed by atoms with E-state index >= 15 is 0 Å². The maximum absolute atomic E-state index is 11.6. The van der Waals surface area contributed by atoms with Gasteiger partial charge in [0.2, 0.25) is 5.91 Å². The minimum Gasteiger partial charge on any atom is -0.369 e. The summed E-state index contributed by atoms with van der Waals surface area (Å²) in [7, 11) is 0. The van der Waals surface area contributed by atoms with E-state index in [1.807, 2.05) is 30.3 Å². The second-order valence-corrected chi connectivity index (χ2v) is 4.35. The van der Waals surface area contributed by atoms with E-state index in [2.05, 4.69) is 5.32 Å². The van der Waals surface area contributed by atoms with Crippen LogP contribution < -0.4 is 11.1 Å². The molecule has 86 valence electrons. The zero-order valence-corrected chi connectivity index (χ0v) is 9.36. The third-order valence-electron chi connectivity index (χ3n) is 3.22. The number of benzene rings is 1. The molecule has 1 aromatic carbocycles. The first-order chi connectivity index (χ1) is 7.79. The van der Waals surface area contributed by atoms with Crippen LogP contribution in [0, 0.1) is 0 Å². The van der Waals surface area contributed by atoms with Gasteiger partial charge in [-0.15, -0.1) is 0 Å². The molecule has 1 fully saturated rings. The molecule has 1 aromatic rings. The number of carbonyl (C=O) groups excluding carboxylic acids is 1. The average molecular weight is 218 g/mol. The van der Waals surface area contributed by atoms with Crippen LogP contribution in [0.2, 0.25) is 0 Å². The average Bonchev–Trinajstić information content (AvgIpc) is 2.31. The monoisotopic (exact) mass is 218 g/mol. The molecule has 0 radical (unpaired) electrons. The summed E-state index contributed by atoms with van der Waals surface area (Å²) in [6.07, 6.45) is 3.40. The van der Waals surface area contributed by atoms with Crippen LogP contribution in [0.5, 0.6) is 0 Å². The standard InChI is InChI=1S/C13H18N2O/c14-13(16)12(10-6-2-1-3-7-10)11-8-4-5-9-15-11/h1-3,6-7,11-12,15H,4-5,8-9H2,(H2,14,16)/t11?,12-/m1/s1. The maximum atomic E-state index is 11.6. The van der Waals surface area contributed by atoms with Crippen molar-refractivity contribution in [3.63, 3.8) is 0 Å². The normalized spacial score (nSPS) is 22.6. The first-order valence-corrected chi connectivity index (χ1v) is 5.86. The number of piperidine rings is 1. The SMILES string of the molecule is NC(=O)[C@H](c1ccccc1)C1CCCCN1. The summed E-state index contributed by atoms with van der Waals surface area (Å²) in [6, 6.07) is 10.0. The lowest BCUT2D eigenvalue weighted by Gasteiger charge is -2.29. The molecule has 1 aliphatic heterocycles. The Morgan fingerprint density at radius 1 is 1.31 bits per heavy atom. The predicted molar refractivity (Wildman–Crippen MR) is 64.0 cm³/mol.